The van der Waals surface area contributed by atoms with Crippen LogP contribution in [0.25, 0.3) is 5.76 Å². The fourth-order valence-corrected chi connectivity index (χ4v) is 4.76. The highest BCUT2D eigenvalue weighted by Crippen LogP contribution is 2.44. The number of amides is 1. The van der Waals surface area contributed by atoms with Gasteiger partial charge in [0.05, 0.1) is 11.6 Å². The third-order valence-electron chi connectivity index (χ3n) is 6.50. The molecule has 6 rings (SSSR count). The van der Waals surface area contributed by atoms with Crippen molar-refractivity contribution in [3.8, 4) is 23.0 Å². The standard InChI is InChI=1S/C31H22FNO6/c32-21-7-5-8-22(18-21)33-28(19-6-4-11-24(16-19)39-23-9-2-1-3-10-23)27(30(35)31(33)36)29(34)20-12-13-25-26(17-20)38-15-14-37-25/h1-13,16-18,28,34H,14-15H2/b29-27-. The van der Waals surface area contributed by atoms with E-state index in [1.54, 1.807) is 54.6 Å². The number of fused-ring (bicyclic) bond motifs is 1. The van der Waals surface area contributed by atoms with E-state index in [2.05, 4.69) is 0 Å². The van der Waals surface area contributed by atoms with Gasteiger partial charge in [0.15, 0.2) is 11.5 Å². The summed E-state index contributed by atoms with van der Waals surface area (Å²) in [5, 5.41) is 11.4. The maximum absolute atomic E-state index is 14.2. The number of benzene rings is 4. The van der Waals surface area contributed by atoms with Gasteiger partial charge in [0.25, 0.3) is 11.7 Å². The molecule has 0 radical (unpaired) electrons. The highest BCUT2D eigenvalue weighted by Gasteiger charge is 2.47. The van der Waals surface area contributed by atoms with Crippen molar-refractivity contribution in [2.24, 2.45) is 0 Å². The van der Waals surface area contributed by atoms with E-state index in [0.717, 1.165) is 0 Å². The molecule has 0 saturated carbocycles. The van der Waals surface area contributed by atoms with Gasteiger partial charge < -0.3 is 19.3 Å². The van der Waals surface area contributed by atoms with E-state index in [1.807, 2.05) is 18.2 Å². The topological polar surface area (TPSA) is 85.3 Å². The predicted molar refractivity (Wildman–Crippen MR) is 142 cm³/mol. The summed E-state index contributed by atoms with van der Waals surface area (Å²) in [6.07, 6.45) is 0. The van der Waals surface area contributed by atoms with Crippen LogP contribution >= 0.6 is 0 Å². The van der Waals surface area contributed by atoms with E-state index in [-0.39, 0.29) is 22.6 Å². The number of carbonyl (C=O) groups excluding carboxylic acids is 2. The highest BCUT2D eigenvalue weighted by molar-refractivity contribution is 6.51. The van der Waals surface area contributed by atoms with Crippen LogP contribution in [0.2, 0.25) is 0 Å². The fraction of sp³-hybridized carbons (Fsp3) is 0.0968. The lowest BCUT2D eigenvalue weighted by Crippen LogP contribution is -2.29. The summed E-state index contributed by atoms with van der Waals surface area (Å²) in [7, 11) is 0. The van der Waals surface area contributed by atoms with Gasteiger partial charge in [-0.1, -0.05) is 36.4 Å². The lowest BCUT2D eigenvalue weighted by Gasteiger charge is -2.26. The van der Waals surface area contributed by atoms with E-state index in [4.69, 9.17) is 14.2 Å². The molecule has 0 spiro atoms. The van der Waals surface area contributed by atoms with Crippen molar-refractivity contribution < 1.29 is 33.3 Å². The number of aliphatic hydroxyl groups excluding tert-OH is 1. The summed E-state index contributed by atoms with van der Waals surface area (Å²) in [6.45, 7) is 0.744. The molecule has 1 N–H and O–H groups in total. The summed E-state index contributed by atoms with van der Waals surface area (Å²) >= 11 is 0. The van der Waals surface area contributed by atoms with Gasteiger partial charge in [-0.3, -0.25) is 14.5 Å². The number of anilines is 1. The molecule has 0 aliphatic carbocycles. The van der Waals surface area contributed by atoms with E-state index in [1.165, 1.54) is 29.2 Å². The molecule has 8 heteroatoms. The maximum atomic E-state index is 14.2. The van der Waals surface area contributed by atoms with Crippen LogP contribution in [0.5, 0.6) is 23.0 Å². The molecule has 39 heavy (non-hydrogen) atoms. The van der Waals surface area contributed by atoms with Crippen LogP contribution in [0.3, 0.4) is 0 Å². The van der Waals surface area contributed by atoms with Crippen molar-refractivity contribution in [2.45, 2.75) is 6.04 Å². The van der Waals surface area contributed by atoms with Crippen LogP contribution in [-0.4, -0.2) is 30.0 Å². The number of halogens is 1. The van der Waals surface area contributed by atoms with Crippen molar-refractivity contribution in [3.05, 3.63) is 120 Å². The Morgan fingerprint density at radius 1 is 0.821 bits per heavy atom. The van der Waals surface area contributed by atoms with Gasteiger partial charge in [0.1, 0.15) is 36.3 Å². The zero-order valence-electron chi connectivity index (χ0n) is 20.5. The van der Waals surface area contributed by atoms with Crippen LogP contribution < -0.4 is 19.1 Å². The van der Waals surface area contributed by atoms with E-state index >= 15 is 0 Å². The molecule has 4 aromatic rings. The van der Waals surface area contributed by atoms with Crippen LogP contribution in [0.4, 0.5) is 10.1 Å². The van der Waals surface area contributed by atoms with Gasteiger partial charge in [-0.05, 0) is 66.2 Å². The third kappa shape index (κ3) is 4.57. The number of nitrogens with zero attached hydrogens (tertiary/aromatic N) is 1. The molecule has 1 amide bonds. The minimum atomic E-state index is -1.06. The molecule has 0 bridgehead atoms. The van der Waals surface area contributed by atoms with E-state index in [9.17, 15) is 19.1 Å². The number of Topliss-reactive ketones (excluding diaryl/α,β-unsaturated/α-hetero) is 1. The lowest BCUT2D eigenvalue weighted by molar-refractivity contribution is -0.132. The maximum Gasteiger partial charge on any atom is 0.300 e. The Morgan fingerprint density at radius 3 is 2.36 bits per heavy atom. The average molecular weight is 524 g/mol. The van der Waals surface area contributed by atoms with Crippen LogP contribution in [0.1, 0.15) is 17.2 Å². The molecule has 0 aromatic heterocycles. The largest absolute Gasteiger partial charge is 0.507 e. The number of para-hydroxylation sites is 1. The zero-order valence-corrected chi connectivity index (χ0v) is 20.5. The molecular formula is C31H22FNO6. The van der Waals surface area contributed by atoms with Crippen LogP contribution in [-0.2, 0) is 9.59 Å². The minimum Gasteiger partial charge on any atom is -0.507 e. The normalized spacial score (nSPS) is 17.8. The Balaban J connectivity index is 1.50. The summed E-state index contributed by atoms with van der Waals surface area (Å²) in [5.41, 5.74) is 0.805. The highest BCUT2D eigenvalue weighted by atomic mass is 19.1. The Labute approximate surface area is 223 Å². The van der Waals surface area contributed by atoms with Crippen molar-refractivity contribution in [3.63, 3.8) is 0 Å². The molecule has 1 atom stereocenters. The van der Waals surface area contributed by atoms with E-state index < -0.39 is 23.5 Å². The number of hydrogen-bond acceptors (Lipinski definition) is 6. The number of aliphatic hydroxyl groups is 1. The van der Waals surface area contributed by atoms with E-state index in [0.29, 0.717) is 41.8 Å². The molecule has 1 saturated heterocycles. The Hall–Kier alpha value is -5.11. The zero-order chi connectivity index (χ0) is 26.9. The monoisotopic (exact) mass is 523 g/mol. The Morgan fingerprint density at radius 2 is 1.56 bits per heavy atom. The van der Waals surface area contributed by atoms with Crippen molar-refractivity contribution in [1.29, 1.82) is 0 Å². The van der Waals surface area contributed by atoms with Crippen molar-refractivity contribution in [2.75, 3.05) is 18.1 Å². The second-order valence-corrected chi connectivity index (χ2v) is 9.00. The minimum absolute atomic E-state index is 0.141. The molecule has 194 valence electrons. The van der Waals surface area contributed by atoms with Gasteiger partial charge in [-0.15, -0.1) is 0 Å². The van der Waals surface area contributed by atoms with Crippen molar-refractivity contribution in [1.82, 2.24) is 0 Å². The number of hydrogen-bond donors (Lipinski definition) is 1. The SMILES string of the molecule is O=C1C(=O)N(c2cccc(F)c2)C(c2cccc(Oc3ccccc3)c2)/C1=C(/O)c1ccc2c(c1)OCCO2. The molecule has 2 heterocycles. The van der Waals surface area contributed by atoms with Crippen LogP contribution in [0.15, 0.2) is 103 Å². The number of rotatable bonds is 5. The molecule has 2 aliphatic rings. The van der Waals surface area contributed by atoms with Crippen molar-refractivity contribution >= 4 is 23.1 Å². The summed E-state index contributed by atoms with van der Waals surface area (Å²) < 4.78 is 31.4. The summed E-state index contributed by atoms with van der Waals surface area (Å²) in [4.78, 5) is 28.0. The first-order valence-corrected chi connectivity index (χ1v) is 12.3. The molecule has 7 nitrogen and oxygen atoms in total. The molecule has 1 unspecified atom stereocenters. The van der Waals surface area contributed by atoms with Gasteiger partial charge in [0.2, 0.25) is 0 Å². The molecule has 1 fully saturated rings. The van der Waals surface area contributed by atoms with Gasteiger partial charge in [0, 0.05) is 11.3 Å². The third-order valence-corrected chi connectivity index (χ3v) is 6.50. The fourth-order valence-electron chi connectivity index (χ4n) is 4.76. The summed E-state index contributed by atoms with van der Waals surface area (Å²) in [6, 6.07) is 25.2. The number of carbonyl (C=O) groups is 2. The lowest BCUT2D eigenvalue weighted by atomic mass is 9.94. The predicted octanol–water partition coefficient (Wildman–Crippen LogP) is 6.02. The van der Waals surface area contributed by atoms with Crippen LogP contribution in [0, 0.1) is 5.82 Å². The first-order chi connectivity index (χ1) is 19.0. The average Bonchev–Trinajstić information content (AvgIpc) is 3.23. The number of ketones is 1. The molecule has 4 aromatic carbocycles. The first-order valence-electron chi connectivity index (χ1n) is 12.3. The Bertz CT molecular complexity index is 1620. The smallest absolute Gasteiger partial charge is 0.300 e. The first kappa shape index (κ1) is 24.2. The van der Waals surface area contributed by atoms with Gasteiger partial charge >= 0.3 is 0 Å². The second-order valence-electron chi connectivity index (χ2n) is 9.00. The molecular weight excluding hydrogens is 501 g/mol. The Kier molecular flexibility index (Phi) is 6.20. The van der Waals surface area contributed by atoms with Gasteiger partial charge in [-0.25, -0.2) is 4.39 Å². The summed E-state index contributed by atoms with van der Waals surface area (Å²) in [5.74, 6) is -0.748. The molecule has 2 aliphatic heterocycles. The number of ether oxygens (including phenoxy) is 3. The van der Waals surface area contributed by atoms with Gasteiger partial charge in [-0.2, -0.15) is 0 Å². The second kappa shape index (κ2) is 9.98. The quantitative estimate of drug-likeness (QED) is 0.196.